The molecule has 5 nitrogen and oxygen atoms in total. The third-order valence-electron chi connectivity index (χ3n) is 3.68. The smallest absolute Gasteiger partial charge is 0.369 e. The van der Waals surface area contributed by atoms with Crippen molar-refractivity contribution in [3.05, 3.63) is 29.3 Å². The number of halogens is 1. The molecule has 1 fully saturated rings. The van der Waals surface area contributed by atoms with Crippen LogP contribution in [-0.2, 0) is 9.09 Å². The first-order valence-electron chi connectivity index (χ1n) is 7.19. The largest absolute Gasteiger partial charge is 0.405 e. The summed E-state index contributed by atoms with van der Waals surface area (Å²) in [6.45, 7) is 6.09. The van der Waals surface area contributed by atoms with Crippen LogP contribution in [0.2, 0.25) is 5.02 Å². The number of anilines is 1. The molecule has 0 radical (unpaired) electrons. The molecule has 0 amide bonds. The van der Waals surface area contributed by atoms with Crippen molar-refractivity contribution < 1.29 is 14.0 Å². The highest BCUT2D eigenvalue weighted by Gasteiger charge is 2.34. The molecule has 1 aromatic rings. The van der Waals surface area contributed by atoms with Gasteiger partial charge >= 0.3 is 7.75 Å². The van der Waals surface area contributed by atoms with Gasteiger partial charge in [-0.15, -0.1) is 0 Å². The molecule has 2 atom stereocenters. The van der Waals surface area contributed by atoms with Crippen molar-refractivity contribution in [3.63, 3.8) is 0 Å². The Hall–Kier alpha value is -0.580. The van der Waals surface area contributed by atoms with E-state index in [9.17, 15) is 9.46 Å². The average molecular weight is 333 g/mol. The summed E-state index contributed by atoms with van der Waals surface area (Å²) in [6, 6.07) is 7.65. The maximum absolute atomic E-state index is 12.3. The number of rotatable bonds is 5. The Morgan fingerprint density at radius 2 is 2.05 bits per heavy atom. The van der Waals surface area contributed by atoms with Crippen LogP contribution in [0.4, 0.5) is 5.69 Å². The molecule has 0 aliphatic carbocycles. The first kappa shape index (κ1) is 16.8. The first-order valence-corrected chi connectivity index (χ1v) is 9.10. The summed E-state index contributed by atoms with van der Waals surface area (Å²) in [6.07, 6.45) is 0.499. The van der Waals surface area contributed by atoms with E-state index in [1.807, 2.05) is 38.1 Å². The number of hydrogen-bond donors (Lipinski definition) is 1. The summed E-state index contributed by atoms with van der Waals surface area (Å²) in [7, 11) is -3.69. The molecule has 1 aliphatic heterocycles. The van der Waals surface area contributed by atoms with Crippen molar-refractivity contribution in [1.29, 1.82) is 0 Å². The molecule has 118 valence electrons. The molecule has 1 N–H and O–H groups in total. The van der Waals surface area contributed by atoms with Gasteiger partial charge in [0, 0.05) is 36.9 Å². The van der Waals surface area contributed by atoms with Crippen molar-refractivity contribution in [1.82, 2.24) is 4.67 Å². The topological polar surface area (TPSA) is 53.0 Å². The standard InChI is InChI=1S/C14H22ClN2O3P/c1-3-12(2)20-21(18,19)17-9-7-16(8-10-17)14-6-4-5-13(15)11-14/h4-6,11-12H,3,7-10H2,1-2H3,(H,18,19). The normalized spacial score (nSPS) is 21.0. The van der Waals surface area contributed by atoms with E-state index in [0.29, 0.717) is 37.6 Å². The second-order valence-corrected chi connectivity index (χ2v) is 7.43. The maximum Gasteiger partial charge on any atom is 0.405 e. The van der Waals surface area contributed by atoms with E-state index >= 15 is 0 Å². The Kier molecular flexibility index (Phi) is 5.69. The van der Waals surface area contributed by atoms with Crippen molar-refractivity contribution in [2.75, 3.05) is 31.1 Å². The van der Waals surface area contributed by atoms with Gasteiger partial charge in [0.15, 0.2) is 0 Å². The minimum Gasteiger partial charge on any atom is -0.369 e. The van der Waals surface area contributed by atoms with Gasteiger partial charge in [-0.25, -0.2) is 9.24 Å². The lowest BCUT2D eigenvalue weighted by atomic mass is 10.2. The lowest BCUT2D eigenvalue weighted by molar-refractivity contribution is 0.145. The van der Waals surface area contributed by atoms with Crippen molar-refractivity contribution in [2.45, 2.75) is 26.4 Å². The SMILES string of the molecule is CCC(C)OP(=O)(O)N1CCN(c2cccc(Cl)c2)CC1. The van der Waals surface area contributed by atoms with E-state index in [1.54, 1.807) is 4.67 Å². The fourth-order valence-electron chi connectivity index (χ4n) is 2.26. The highest BCUT2D eigenvalue weighted by atomic mass is 35.5. The van der Waals surface area contributed by atoms with Gasteiger partial charge in [0.1, 0.15) is 0 Å². The minimum absolute atomic E-state index is 0.216. The molecular formula is C14H22ClN2O3P. The van der Waals surface area contributed by atoms with E-state index in [1.165, 1.54) is 0 Å². The Balaban J connectivity index is 1.95. The quantitative estimate of drug-likeness (QED) is 0.838. The molecule has 1 saturated heterocycles. The predicted octanol–water partition coefficient (Wildman–Crippen LogP) is 3.38. The van der Waals surface area contributed by atoms with Gasteiger partial charge in [-0.1, -0.05) is 24.6 Å². The van der Waals surface area contributed by atoms with Crippen LogP contribution < -0.4 is 4.90 Å². The number of benzene rings is 1. The molecule has 0 bridgehead atoms. The zero-order chi connectivity index (χ0) is 15.5. The van der Waals surface area contributed by atoms with Crippen LogP contribution in [0.1, 0.15) is 20.3 Å². The fraction of sp³-hybridized carbons (Fsp3) is 0.571. The van der Waals surface area contributed by atoms with Gasteiger partial charge in [-0.05, 0) is 31.5 Å². The summed E-state index contributed by atoms with van der Waals surface area (Å²) in [5, 5.41) is 0.697. The van der Waals surface area contributed by atoms with Crippen LogP contribution in [0.25, 0.3) is 0 Å². The lowest BCUT2D eigenvalue weighted by Crippen LogP contribution is -2.45. The van der Waals surface area contributed by atoms with Crippen LogP contribution in [-0.4, -0.2) is 41.8 Å². The summed E-state index contributed by atoms with van der Waals surface area (Å²) in [5.41, 5.74) is 1.04. The van der Waals surface area contributed by atoms with Crippen LogP contribution in [0.15, 0.2) is 24.3 Å². The number of nitrogens with zero attached hydrogens (tertiary/aromatic N) is 2. The Morgan fingerprint density at radius 1 is 1.38 bits per heavy atom. The molecule has 2 unspecified atom stereocenters. The summed E-state index contributed by atoms with van der Waals surface area (Å²) < 4.78 is 19.1. The van der Waals surface area contributed by atoms with E-state index in [4.69, 9.17) is 16.1 Å². The van der Waals surface area contributed by atoms with Crippen LogP contribution in [0.3, 0.4) is 0 Å². The molecule has 0 saturated carbocycles. The zero-order valence-corrected chi connectivity index (χ0v) is 14.1. The molecule has 0 spiro atoms. The summed E-state index contributed by atoms with van der Waals surface area (Å²) in [5.74, 6) is 0. The minimum atomic E-state index is -3.69. The summed E-state index contributed by atoms with van der Waals surface area (Å²) >= 11 is 6.00. The Morgan fingerprint density at radius 3 is 2.62 bits per heavy atom. The Labute approximate surface area is 131 Å². The highest BCUT2D eigenvalue weighted by Crippen LogP contribution is 2.48. The van der Waals surface area contributed by atoms with Gasteiger partial charge in [-0.3, -0.25) is 4.52 Å². The van der Waals surface area contributed by atoms with E-state index in [2.05, 4.69) is 4.90 Å². The maximum atomic E-state index is 12.3. The highest BCUT2D eigenvalue weighted by molar-refractivity contribution is 7.50. The molecule has 1 aliphatic rings. The van der Waals surface area contributed by atoms with E-state index in [0.717, 1.165) is 5.69 Å². The van der Waals surface area contributed by atoms with Crippen molar-refractivity contribution in [3.8, 4) is 0 Å². The van der Waals surface area contributed by atoms with Crippen molar-refractivity contribution >= 4 is 25.0 Å². The van der Waals surface area contributed by atoms with Gasteiger partial charge in [-0.2, -0.15) is 0 Å². The fourth-order valence-corrected chi connectivity index (χ4v) is 3.88. The van der Waals surface area contributed by atoms with E-state index < -0.39 is 7.75 Å². The monoisotopic (exact) mass is 332 g/mol. The average Bonchev–Trinajstić information content (AvgIpc) is 2.47. The third-order valence-corrected chi connectivity index (χ3v) is 5.66. The van der Waals surface area contributed by atoms with Crippen LogP contribution in [0.5, 0.6) is 0 Å². The number of hydrogen-bond acceptors (Lipinski definition) is 3. The molecule has 21 heavy (non-hydrogen) atoms. The van der Waals surface area contributed by atoms with Gasteiger partial charge in [0.2, 0.25) is 0 Å². The van der Waals surface area contributed by atoms with Crippen molar-refractivity contribution in [2.24, 2.45) is 0 Å². The molecular weight excluding hydrogens is 311 g/mol. The lowest BCUT2D eigenvalue weighted by Gasteiger charge is -2.37. The molecule has 1 heterocycles. The van der Waals surface area contributed by atoms with Gasteiger partial charge in [0.05, 0.1) is 6.10 Å². The molecule has 2 rings (SSSR count). The van der Waals surface area contributed by atoms with Gasteiger partial charge < -0.3 is 9.79 Å². The molecule has 0 aromatic heterocycles. The van der Waals surface area contributed by atoms with E-state index in [-0.39, 0.29) is 6.10 Å². The summed E-state index contributed by atoms with van der Waals surface area (Å²) in [4.78, 5) is 12.2. The third kappa shape index (κ3) is 4.44. The van der Waals surface area contributed by atoms with Crippen LogP contribution >= 0.6 is 19.3 Å². The second-order valence-electron chi connectivity index (χ2n) is 5.24. The Bertz CT molecular complexity index is 521. The van der Waals surface area contributed by atoms with Crippen LogP contribution in [0, 0.1) is 0 Å². The first-order chi connectivity index (χ1) is 9.92. The number of piperazine rings is 1. The zero-order valence-electron chi connectivity index (χ0n) is 12.4. The molecule has 1 aromatic carbocycles. The van der Waals surface area contributed by atoms with Gasteiger partial charge in [0.25, 0.3) is 0 Å². The molecule has 7 heteroatoms. The second kappa shape index (κ2) is 7.12. The predicted molar refractivity (Wildman–Crippen MR) is 85.9 cm³/mol.